The summed E-state index contributed by atoms with van der Waals surface area (Å²) in [5, 5.41) is 3.80. The molecule has 0 atom stereocenters. The van der Waals surface area contributed by atoms with Gasteiger partial charge in [0.05, 0.1) is 0 Å². The number of para-hydroxylation sites is 1. The van der Waals surface area contributed by atoms with Gasteiger partial charge in [-0.15, -0.1) is 0 Å². The predicted octanol–water partition coefficient (Wildman–Crippen LogP) is 0.0113. The van der Waals surface area contributed by atoms with Gasteiger partial charge in [-0.25, -0.2) is 4.79 Å². The normalized spacial score (nSPS) is 14.4. The van der Waals surface area contributed by atoms with Crippen molar-refractivity contribution in [3.05, 3.63) is 30.3 Å². The Morgan fingerprint density at radius 2 is 1.44 bits per heavy atom. The molecule has 0 unspecified atom stereocenters. The van der Waals surface area contributed by atoms with Crippen LogP contribution in [-0.4, -0.2) is 17.8 Å². The number of barbiturate groups is 1. The molecule has 1 aromatic rings. The lowest BCUT2D eigenvalue weighted by Gasteiger charge is -2.09. The van der Waals surface area contributed by atoms with Crippen molar-refractivity contribution in [2.45, 2.75) is 6.42 Å². The first-order chi connectivity index (χ1) is 7.58. The van der Waals surface area contributed by atoms with Crippen LogP contribution in [0.25, 0.3) is 0 Å². The number of nitrogens with two attached hydrogens (primary N) is 1. The van der Waals surface area contributed by atoms with Crippen molar-refractivity contribution in [1.82, 2.24) is 10.6 Å². The van der Waals surface area contributed by atoms with Crippen molar-refractivity contribution in [2.24, 2.45) is 0 Å². The van der Waals surface area contributed by atoms with Crippen LogP contribution in [0.4, 0.5) is 10.5 Å². The lowest BCUT2D eigenvalue weighted by Crippen LogP contribution is -2.49. The highest BCUT2D eigenvalue weighted by molar-refractivity contribution is 6.14. The molecule has 1 saturated heterocycles. The average Bonchev–Trinajstić information content (AvgIpc) is 2.17. The van der Waals surface area contributed by atoms with Crippen molar-refractivity contribution in [3.8, 4) is 0 Å². The maximum atomic E-state index is 10.3. The molecule has 1 heterocycles. The van der Waals surface area contributed by atoms with Crippen LogP contribution >= 0.6 is 0 Å². The van der Waals surface area contributed by atoms with E-state index in [4.69, 9.17) is 5.73 Å². The SMILES string of the molecule is Nc1ccccc1.O=C1CC(=O)NC(=O)N1. The molecule has 2 rings (SSSR count). The van der Waals surface area contributed by atoms with E-state index in [1.165, 1.54) is 0 Å². The van der Waals surface area contributed by atoms with Crippen LogP contribution in [0.2, 0.25) is 0 Å². The number of nitrogen functional groups attached to an aromatic ring is 1. The minimum Gasteiger partial charge on any atom is -0.399 e. The highest BCUT2D eigenvalue weighted by atomic mass is 16.2. The number of rotatable bonds is 0. The zero-order valence-corrected chi connectivity index (χ0v) is 8.40. The lowest BCUT2D eigenvalue weighted by molar-refractivity contribution is -0.129. The minimum atomic E-state index is -0.740. The van der Waals surface area contributed by atoms with E-state index >= 15 is 0 Å². The first-order valence-electron chi connectivity index (χ1n) is 4.52. The summed E-state index contributed by atoms with van der Waals surface area (Å²) in [5.41, 5.74) is 6.18. The summed E-state index contributed by atoms with van der Waals surface area (Å²) in [4.78, 5) is 30.8. The highest BCUT2D eigenvalue weighted by Crippen LogP contribution is 1.95. The van der Waals surface area contributed by atoms with Crippen LogP contribution in [0.5, 0.6) is 0 Å². The first-order valence-corrected chi connectivity index (χ1v) is 4.52. The van der Waals surface area contributed by atoms with E-state index < -0.39 is 17.8 Å². The van der Waals surface area contributed by atoms with E-state index in [-0.39, 0.29) is 6.42 Å². The van der Waals surface area contributed by atoms with E-state index in [0.717, 1.165) is 5.69 Å². The number of amides is 4. The van der Waals surface area contributed by atoms with Crippen LogP contribution in [0.15, 0.2) is 30.3 Å². The van der Waals surface area contributed by atoms with Gasteiger partial charge in [0.25, 0.3) is 0 Å². The van der Waals surface area contributed by atoms with E-state index in [2.05, 4.69) is 0 Å². The molecule has 4 amide bonds. The smallest absolute Gasteiger partial charge is 0.328 e. The van der Waals surface area contributed by atoms with Crippen LogP contribution in [0.3, 0.4) is 0 Å². The summed E-state index contributed by atoms with van der Waals surface area (Å²) in [6.45, 7) is 0. The second-order valence-electron chi connectivity index (χ2n) is 3.01. The molecule has 4 N–H and O–H groups in total. The Morgan fingerprint density at radius 1 is 0.938 bits per heavy atom. The van der Waals surface area contributed by atoms with Gasteiger partial charge in [-0.05, 0) is 12.1 Å². The zero-order chi connectivity index (χ0) is 12.0. The standard InChI is InChI=1S/C6H7N.C4H4N2O3/c7-6-4-2-1-3-5-6;7-2-1-3(8)6-4(9)5-2/h1-5H,7H2;1H2,(H2,5,6,7,8,9). The average molecular weight is 221 g/mol. The zero-order valence-electron chi connectivity index (χ0n) is 8.40. The number of carbonyl (C=O) groups excluding carboxylic acids is 3. The predicted molar refractivity (Wildman–Crippen MR) is 57.2 cm³/mol. The third kappa shape index (κ3) is 4.23. The summed E-state index contributed by atoms with van der Waals surface area (Å²) in [7, 11) is 0. The summed E-state index contributed by atoms with van der Waals surface area (Å²) in [6, 6.07) is 8.75. The minimum absolute atomic E-state index is 0.258. The number of nitrogens with one attached hydrogen (secondary N) is 2. The number of benzene rings is 1. The second-order valence-corrected chi connectivity index (χ2v) is 3.01. The monoisotopic (exact) mass is 221 g/mol. The fraction of sp³-hybridized carbons (Fsp3) is 0.100. The molecule has 0 radical (unpaired) electrons. The third-order valence-electron chi connectivity index (χ3n) is 1.63. The van der Waals surface area contributed by atoms with Crippen LogP contribution in [0, 0.1) is 0 Å². The van der Waals surface area contributed by atoms with E-state index in [1.807, 2.05) is 41.0 Å². The lowest BCUT2D eigenvalue weighted by atomic mass is 10.3. The van der Waals surface area contributed by atoms with E-state index in [1.54, 1.807) is 0 Å². The number of hydrogen-bond donors (Lipinski definition) is 3. The molecule has 1 fully saturated rings. The molecule has 1 aliphatic heterocycles. The largest absolute Gasteiger partial charge is 0.399 e. The van der Waals surface area contributed by atoms with Crippen molar-refractivity contribution in [3.63, 3.8) is 0 Å². The molecule has 0 bridgehead atoms. The van der Waals surface area contributed by atoms with Crippen molar-refractivity contribution >= 4 is 23.5 Å². The number of anilines is 1. The van der Waals surface area contributed by atoms with Gasteiger partial charge in [-0.1, -0.05) is 18.2 Å². The molecule has 0 saturated carbocycles. The van der Waals surface area contributed by atoms with Gasteiger partial charge in [0, 0.05) is 5.69 Å². The Kier molecular flexibility index (Phi) is 4.02. The molecule has 0 aromatic heterocycles. The Bertz CT molecular complexity index is 358. The van der Waals surface area contributed by atoms with Crippen LogP contribution < -0.4 is 16.4 Å². The molecule has 84 valence electrons. The maximum Gasteiger partial charge on any atom is 0.328 e. The fourth-order valence-electron chi connectivity index (χ4n) is 0.972. The maximum absolute atomic E-state index is 10.3. The summed E-state index contributed by atoms with van der Waals surface area (Å²) in [5.74, 6) is -1.10. The van der Waals surface area contributed by atoms with E-state index in [0.29, 0.717) is 0 Å². The van der Waals surface area contributed by atoms with Crippen molar-refractivity contribution in [1.29, 1.82) is 0 Å². The Labute approximate surface area is 91.8 Å². The van der Waals surface area contributed by atoms with Crippen LogP contribution in [0.1, 0.15) is 6.42 Å². The molecule has 6 heteroatoms. The van der Waals surface area contributed by atoms with Gasteiger partial charge in [0.1, 0.15) is 6.42 Å². The second kappa shape index (κ2) is 5.50. The Hall–Kier alpha value is -2.37. The van der Waals surface area contributed by atoms with Gasteiger partial charge in [-0.3, -0.25) is 20.2 Å². The number of imide groups is 2. The van der Waals surface area contributed by atoms with Gasteiger partial charge >= 0.3 is 6.03 Å². The van der Waals surface area contributed by atoms with Crippen molar-refractivity contribution < 1.29 is 14.4 Å². The van der Waals surface area contributed by atoms with Crippen LogP contribution in [-0.2, 0) is 9.59 Å². The first kappa shape index (κ1) is 11.7. The highest BCUT2D eigenvalue weighted by Gasteiger charge is 2.20. The van der Waals surface area contributed by atoms with Gasteiger partial charge < -0.3 is 5.73 Å². The molecule has 1 aliphatic rings. The van der Waals surface area contributed by atoms with Gasteiger partial charge in [0.2, 0.25) is 11.8 Å². The number of hydrogen-bond acceptors (Lipinski definition) is 4. The molecule has 0 aliphatic carbocycles. The molecule has 1 aromatic carbocycles. The molecular weight excluding hydrogens is 210 g/mol. The van der Waals surface area contributed by atoms with Crippen molar-refractivity contribution in [2.75, 3.05) is 5.73 Å². The quantitative estimate of drug-likeness (QED) is 0.424. The topological polar surface area (TPSA) is 101 Å². The molecule has 6 nitrogen and oxygen atoms in total. The van der Waals surface area contributed by atoms with Gasteiger partial charge in [0.15, 0.2) is 0 Å². The third-order valence-corrected chi connectivity index (χ3v) is 1.63. The van der Waals surface area contributed by atoms with E-state index in [9.17, 15) is 14.4 Å². The summed E-state index contributed by atoms with van der Waals surface area (Å²) >= 11 is 0. The summed E-state index contributed by atoms with van der Waals surface area (Å²) in [6.07, 6.45) is -0.258. The summed E-state index contributed by atoms with van der Waals surface area (Å²) < 4.78 is 0. The molecular formula is C10H11N3O3. The Balaban J connectivity index is 0.000000165. The molecule has 16 heavy (non-hydrogen) atoms. The fourth-order valence-corrected chi connectivity index (χ4v) is 0.972. The van der Waals surface area contributed by atoms with Gasteiger partial charge in [-0.2, -0.15) is 0 Å². The molecule has 0 spiro atoms. The number of urea groups is 1. The number of carbonyl (C=O) groups is 3. The Morgan fingerprint density at radius 3 is 1.75 bits per heavy atom.